The van der Waals surface area contributed by atoms with Crippen molar-refractivity contribution in [2.45, 2.75) is 52.2 Å². The minimum absolute atomic E-state index is 0.609. The van der Waals surface area contributed by atoms with Crippen LogP contribution in [0.15, 0.2) is 49.0 Å². The highest BCUT2D eigenvalue weighted by Crippen LogP contribution is 2.32. The molecule has 3 aromatic rings. The predicted molar refractivity (Wildman–Crippen MR) is 120 cm³/mol. The largest absolute Gasteiger partial charge is 0.342 e. The molecule has 0 radical (unpaired) electrons. The Hall–Kier alpha value is -2.62. The Labute approximate surface area is 172 Å². The molecule has 0 aliphatic carbocycles. The van der Waals surface area contributed by atoms with Gasteiger partial charge in [0.05, 0.1) is 17.6 Å². The summed E-state index contributed by atoms with van der Waals surface area (Å²) in [5, 5.41) is 0. The van der Waals surface area contributed by atoms with E-state index in [0.29, 0.717) is 6.54 Å². The molecule has 0 spiro atoms. The van der Waals surface area contributed by atoms with Crippen molar-refractivity contribution in [2.24, 2.45) is 0 Å². The number of aromatic nitrogens is 2. The summed E-state index contributed by atoms with van der Waals surface area (Å²) in [6, 6.07) is 14.2. The Balaban J connectivity index is 1.85. The first-order chi connectivity index (χ1) is 13.8. The molecule has 0 saturated carbocycles. The zero-order chi connectivity index (χ0) is 20.6. The smallest absolute Gasteiger partial charge is 0.206 e. The molecule has 4 heteroatoms. The van der Waals surface area contributed by atoms with Crippen LogP contribution in [0.25, 0.3) is 16.6 Å². The van der Waals surface area contributed by atoms with Crippen LogP contribution in [0, 0.1) is 0 Å². The molecule has 0 unspecified atom stereocenters. The van der Waals surface area contributed by atoms with Crippen LogP contribution >= 0.6 is 0 Å². The Kier molecular flexibility index (Phi) is 5.20. The average molecular weight is 392 g/mol. The van der Waals surface area contributed by atoms with Gasteiger partial charge in [-0.1, -0.05) is 42.5 Å². The number of benzene rings is 2. The first kappa shape index (κ1) is 19.7. The number of piperidine rings is 1. The van der Waals surface area contributed by atoms with Crippen LogP contribution in [0.5, 0.6) is 0 Å². The van der Waals surface area contributed by atoms with Gasteiger partial charge in [-0.15, -0.1) is 0 Å². The molecule has 0 N–H and O–H groups in total. The number of alkyl halides is 1. The first-order valence-corrected chi connectivity index (χ1v) is 10.5. The summed E-state index contributed by atoms with van der Waals surface area (Å²) in [5.41, 5.74) is 4.56. The van der Waals surface area contributed by atoms with E-state index in [-0.39, 0.29) is 0 Å². The van der Waals surface area contributed by atoms with Crippen LogP contribution in [0.1, 0.15) is 56.7 Å². The fraction of sp³-hybridized carbons (Fsp3) is 0.400. The van der Waals surface area contributed by atoms with Gasteiger partial charge in [-0.2, -0.15) is 0 Å². The third kappa shape index (κ3) is 3.93. The maximum absolute atomic E-state index is 14.9. The number of allylic oxidation sites excluding steroid dienone is 1. The van der Waals surface area contributed by atoms with Gasteiger partial charge in [0.2, 0.25) is 5.95 Å². The number of halogens is 1. The van der Waals surface area contributed by atoms with Gasteiger partial charge < -0.3 is 9.47 Å². The molecular formula is C25H30FN3. The highest BCUT2D eigenvalue weighted by molar-refractivity contribution is 5.83. The molecule has 1 saturated heterocycles. The molecule has 2 heterocycles. The van der Waals surface area contributed by atoms with Gasteiger partial charge in [0.1, 0.15) is 5.67 Å². The molecule has 0 bridgehead atoms. The molecule has 3 nitrogen and oxygen atoms in total. The van der Waals surface area contributed by atoms with E-state index < -0.39 is 5.67 Å². The van der Waals surface area contributed by atoms with Gasteiger partial charge in [-0.3, -0.25) is 0 Å². The topological polar surface area (TPSA) is 21.1 Å². The van der Waals surface area contributed by atoms with Crippen LogP contribution in [0.4, 0.5) is 10.3 Å². The van der Waals surface area contributed by atoms with Crippen LogP contribution in [-0.2, 0) is 12.2 Å². The van der Waals surface area contributed by atoms with E-state index in [0.717, 1.165) is 52.3 Å². The minimum Gasteiger partial charge on any atom is -0.342 e. The van der Waals surface area contributed by atoms with E-state index in [4.69, 9.17) is 4.98 Å². The number of hydrogen-bond donors (Lipinski definition) is 0. The molecule has 0 atom stereocenters. The lowest BCUT2D eigenvalue weighted by Gasteiger charge is -2.29. The van der Waals surface area contributed by atoms with Crippen molar-refractivity contribution in [3.63, 3.8) is 0 Å². The van der Waals surface area contributed by atoms with E-state index in [1.54, 1.807) is 13.8 Å². The number of hydrogen-bond acceptors (Lipinski definition) is 2. The Morgan fingerprint density at radius 1 is 1.10 bits per heavy atom. The van der Waals surface area contributed by atoms with E-state index in [2.05, 4.69) is 34.2 Å². The Morgan fingerprint density at radius 3 is 2.52 bits per heavy atom. The maximum Gasteiger partial charge on any atom is 0.206 e. The highest BCUT2D eigenvalue weighted by Gasteiger charge is 2.24. The molecule has 1 fully saturated rings. The second-order valence-corrected chi connectivity index (χ2v) is 8.66. The molecule has 4 rings (SSSR count). The van der Waals surface area contributed by atoms with Crippen molar-refractivity contribution in [1.82, 2.24) is 9.55 Å². The van der Waals surface area contributed by atoms with Gasteiger partial charge in [0, 0.05) is 13.1 Å². The number of fused-ring (bicyclic) bond motifs is 1. The quantitative estimate of drug-likeness (QED) is 0.508. The summed E-state index contributed by atoms with van der Waals surface area (Å²) >= 11 is 0. The highest BCUT2D eigenvalue weighted by atomic mass is 19.1. The normalized spacial score (nSPS) is 15.1. The Morgan fingerprint density at radius 2 is 1.83 bits per heavy atom. The number of nitrogens with zero attached hydrogens (tertiary/aromatic N) is 3. The predicted octanol–water partition coefficient (Wildman–Crippen LogP) is 6.31. The third-order valence-electron chi connectivity index (χ3n) is 5.85. The fourth-order valence-electron chi connectivity index (χ4n) is 4.28. The van der Waals surface area contributed by atoms with Crippen LogP contribution in [0.3, 0.4) is 0 Å². The lowest BCUT2D eigenvalue weighted by atomic mass is 9.94. The van der Waals surface area contributed by atoms with E-state index in [9.17, 15) is 4.39 Å². The zero-order valence-electron chi connectivity index (χ0n) is 17.7. The molecule has 0 amide bonds. The molecule has 152 valence electrons. The molecule has 2 aromatic carbocycles. The summed E-state index contributed by atoms with van der Waals surface area (Å²) in [5.74, 6) is 0.991. The first-order valence-electron chi connectivity index (χ1n) is 10.5. The number of rotatable bonds is 5. The van der Waals surface area contributed by atoms with Gasteiger partial charge in [0.15, 0.2) is 0 Å². The van der Waals surface area contributed by atoms with E-state index >= 15 is 0 Å². The lowest BCUT2D eigenvalue weighted by molar-refractivity contribution is 0.219. The molecule has 1 aliphatic rings. The molecule has 1 aliphatic heterocycles. The average Bonchev–Trinajstić information content (AvgIpc) is 3.06. The molecule has 29 heavy (non-hydrogen) atoms. The van der Waals surface area contributed by atoms with Crippen LogP contribution in [-0.4, -0.2) is 22.6 Å². The van der Waals surface area contributed by atoms with Gasteiger partial charge in [0.25, 0.3) is 0 Å². The van der Waals surface area contributed by atoms with Crippen molar-refractivity contribution in [3.05, 3.63) is 65.7 Å². The second kappa shape index (κ2) is 7.66. The number of imidazole rings is 1. The van der Waals surface area contributed by atoms with E-state index in [1.807, 2.05) is 31.2 Å². The van der Waals surface area contributed by atoms with Crippen molar-refractivity contribution in [2.75, 3.05) is 18.0 Å². The maximum atomic E-state index is 14.9. The summed E-state index contributed by atoms with van der Waals surface area (Å²) in [6.45, 7) is 12.0. The van der Waals surface area contributed by atoms with Crippen molar-refractivity contribution in [3.8, 4) is 0 Å². The second-order valence-electron chi connectivity index (χ2n) is 8.66. The minimum atomic E-state index is -1.38. The van der Waals surface area contributed by atoms with Crippen molar-refractivity contribution >= 4 is 22.6 Å². The fourth-order valence-corrected chi connectivity index (χ4v) is 4.28. The van der Waals surface area contributed by atoms with E-state index in [1.165, 1.54) is 19.3 Å². The van der Waals surface area contributed by atoms with Crippen LogP contribution < -0.4 is 4.90 Å². The Bertz CT molecular complexity index is 1040. The monoisotopic (exact) mass is 391 g/mol. The molecule has 1 aromatic heterocycles. The summed E-state index contributed by atoms with van der Waals surface area (Å²) in [7, 11) is 0. The zero-order valence-corrected chi connectivity index (χ0v) is 17.7. The molecular weight excluding hydrogens is 361 g/mol. The SMILES string of the molecule is C=C(C)c1ccc2c(c1)nc(N1CCCCC1)n2Cc1ccccc1C(C)(C)F. The van der Waals surface area contributed by atoms with Crippen molar-refractivity contribution in [1.29, 1.82) is 0 Å². The standard InChI is InChI=1S/C25H30FN3/c1-18(2)19-12-13-23-22(16-19)27-24(28-14-8-5-9-15-28)29(23)17-20-10-6-7-11-21(20)25(3,4)26/h6-7,10-13,16H,1,5,8-9,14-15,17H2,2-4H3. The third-order valence-corrected chi connectivity index (χ3v) is 5.85. The van der Waals surface area contributed by atoms with Gasteiger partial charge >= 0.3 is 0 Å². The number of anilines is 1. The van der Waals surface area contributed by atoms with Crippen molar-refractivity contribution < 1.29 is 4.39 Å². The summed E-state index contributed by atoms with van der Waals surface area (Å²) in [6.07, 6.45) is 3.65. The van der Waals surface area contributed by atoms with Gasteiger partial charge in [-0.25, -0.2) is 9.37 Å². The summed E-state index contributed by atoms with van der Waals surface area (Å²) in [4.78, 5) is 7.40. The van der Waals surface area contributed by atoms with Gasteiger partial charge in [-0.05, 0) is 68.9 Å². The lowest BCUT2D eigenvalue weighted by Crippen LogP contribution is -2.32. The van der Waals surface area contributed by atoms with Crippen LogP contribution in [0.2, 0.25) is 0 Å². The summed E-state index contributed by atoms with van der Waals surface area (Å²) < 4.78 is 17.1.